The first-order valence-electron chi connectivity index (χ1n) is 5.74. The fourth-order valence-corrected chi connectivity index (χ4v) is 2.69. The molecule has 0 amide bonds. The summed E-state index contributed by atoms with van der Waals surface area (Å²) in [6, 6.07) is 6.52. The van der Waals surface area contributed by atoms with Crippen LogP contribution in [-0.2, 0) is 10.0 Å². The number of nitrogens with one attached hydrogen (secondary N) is 1. The number of sulfonamides is 1. The minimum Gasteiger partial charge on any atom is -0.464 e. The highest BCUT2D eigenvalue weighted by Gasteiger charge is 2.14. The van der Waals surface area contributed by atoms with Gasteiger partial charge in [-0.05, 0) is 31.2 Å². The molecule has 0 aliphatic rings. The van der Waals surface area contributed by atoms with E-state index in [1.54, 1.807) is 12.1 Å². The smallest absolute Gasteiger partial charge is 0.316 e. The zero-order chi connectivity index (χ0) is 14.6. The van der Waals surface area contributed by atoms with Crippen molar-refractivity contribution in [3.05, 3.63) is 41.1 Å². The van der Waals surface area contributed by atoms with Gasteiger partial charge in [-0.1, -0.05) is 15.9 Å². The van der Waals surface area contributed by atoms with Gasteiger partial charge in [0.25, 0.3) is 10.0 Å². The van der Waals surface area contributed by atoms with Crippen molar-refractivity contribution in [2.24, 2.45) is 0 Å². The molecule has 0 unspecified atom stereocenters. The summed E-state index contributed by atoms with van der Waals surface area (Å²) in [4.78, 5) is 7.95. The average molecular weight is 358 g/mol. The van der Waals surface area contributed by atoms with E-state index in [1.807, 2.05) is 6.92 Å². The lowest BCUT2D eigenvalue weighted by Crippen LogP contribution is -2.13. The largest absolute Gasteiger partial charge is 0.464 e. The van der Waals surface area contributed by atoms with Gasteiger partial charge in [-0.15, -0.1) is 0 Å². The highest BCUT2D eigenvalue weighted by molar-refractivity contribution is 9.10. The average Bonchev–Trinajstić information content (AvgIpc) is 2.41. The van der Waals surface area contributed by atoms with E-state index < -0.39 is 10.0 Å². The molecule has 0 atom stereocenters. The molecule has 0 bridgehead atoms. The van der Waals surface area contributed by atoms with Crippen molar-refractivity contribution in [1.29, 1.82) is 0 Å². The molecule has 20 heavy (non-hydrogen) atoms. The Bertz CT molecular complexity index is 672. The van der Waals surface area contributed by atoms with Gasteiger partial charge in [-0.3, -0.25) is 4.72 Å². The standard InChI is InChI=1S/C12H12BrN3O3S/c1-2-19-12-14-7-10(8-15-12)16-20(17,18)11-5-3-9(13)4-6-11/h3-8,16H,2H2,1H3. The SMILES string of the molecule is CCOc1ncc(NS(=O)(=O)c2ccc(Br)cc2)cn1. The predicted octanol–water partition coefficient (Wildman–Crippen LogP) is 2.44. The van der Waals surface area contributed by atoms with Crippen LogP contribution in [-0.4, -0.2) is 25.0 Å². The first kappa shape index (κ1) is 14.7. The molecule has 0 saturated carbocycles. The Kier molecular flexibility index (Phi) is 4.56. The minimum atomic E-state index is -3.65. The molecule has 2 rings (SSSR count). The molecule has 8 heteroatoms. The lowest BCUT2D eigenvalue weighted by atomic mass is 10.4. The van der Waals surface area contributed by atoms with Crippen LogP contribution < -0.4 is 9.46 Å². The van der Waals surface area contributed by atoms with Crippen LogP contribution in [0.15, 0.2) is 46.0 Å². The van der Waals surface area contributed by atoms with Gasteiger partial charge in [-0.25, -0.2) is 18.4 Å². The Morgan fingerprint density at radius 3 is 2.35 bits per heavy atom. The van der Waals surface area contributed by atoms with E-state index in [0.717, 1.165) is 4.47 Å². The summed E-state index contributed by atoms with van der Waals surface area (Å²) in [6.07, 6.45) is 2.71. The zero-order valence-corrected chi connectivity index (χ0v) is 13.0. The van der Waals surface area contributed by atoms with Crippen molar-refractivity contribution >= 4 is 31.6 Å². The summed E-state index contributed by atoms with van der Waals surface area (Å²) in [6.45, 7) is 2.26. The molecule has 0 aliphatic carbocycles. The monoisotopic (exact) mass is 357 g/mol. The molecule has 106 valence electrons. The minimum absolute atomic E-state index is 0.162. The van der Waals surface area contributed by atoms with Gasteiger partial charge in [0, 0.05) is 4.47 Å². The molecule has 0 aliphatic heterocycles. The number of benzene rings is 1. The molecule has 0 spiro atoms. The maximum atomic E-state index is 12.1. The Morgan fingerprint density at radius 2 is 1.80 bits per heavy atom. The topological polar surface area (TPSA) is 81.2 Å². The summed E-state index contributed by atoms with van der Waals surface area (Å²) in [7, 11) is -3.65. The Labute approximate surface area is 125 Å². The predicted molar refractivity (Wildman–Crippen MR) is 78.2 cm³/mol. The molecule has 0 radical (unpaired) electrons. The van der Waals surface area contributed by atoms with Crippen LogP contribution in [0.4, 0.5) is 5.69 Å². The molecule has 2 aromatic rings. The van der Waals surface area contributed by atoms with Crippen LogP contribution >= 0.6 is 15.9 Å². The maximum absolute atomic E-state index is 12.1. The van der Waals surface area contributed by atoms with Crippen molar-refractivity contribution in [2.75, 3.05) is 11.3 Å². The van der Waals surface area contributed by atoms with Crippen LogP contribution in [0, 0.1) is 0 Å². The van der Waals surface area contributed by atoms with Crippen LogP contribution in [0.5, 0.6) is 6.01 Å². The first-order chi connectivity index (χ1) is 9.51. The van der Waals surface area contributed by atoms with E-state index in [-0.39, 0.29) is 16.6 Å². The summed E-state index contributed by atoms with van der Waals surface area (Å²) in [5, 5.41) is 0. The number of hydrogen-bond donors (Lipinski definition) is 1. The molecule has 1 aromatic heterocycles. The Hall–Kier alpha value is -1.67. The van der Waals surface area contributed by atoms with Crippen molar-refractivity contribution in [3.63, 3.8) is 0 Å². The lowest BCUT2D eigenvalue weighted by molar-refractivity contribution is 0.312. The number of ether oxygens (including phenoxy) is 1. The van der Waals surface area contributed by atoms with Crippen LogP contribution in [0.25, 0.3) is 0 Å². The molecule has 0 saturated heterocycles. The van der Waals surface area contributed by atoms with Gasteiger partial charge < -0.3 is 4.74 Å². The number of hydrogen-bond acceptors (Lipinski definition) is 5. The number of halogens is 1. The maximum Gasteiger partial charge on any atom is 0.316 e. The number of nitrogens with zero attached hydrogens (tertiary/aromatic N) is 2. The van der Waals surface area contributed by atoms with Gasteiger partial charge in [0.05, 0.1) is 29.6 Å². The van der Waals surface area contributed by atoms with Crippen LogP contribution in [0.2, 0.25) is 0 Å². The Balaban J connectivity index is 2.17. The van der Waals surface area contributed by atoms with E-state index in [2.05, 4.69) is 30.6 Å². The Morgan fingerprint density at radius 1 is 1.20 bits per heavy atom. The third-order valence-corrected chi connectivity index (χ3v) is 4.20. The van der Waals surface area contributed by atoms with Crippen LogP contribution in [0.3, 0.4) is 0 Å². The zero-order valence-electron chi connectivity index (χ0n) is 10.6. The highest BCUT2D eigenvalue weighted by atomic mass is 79.9. The van der Waals surface area contributed by atoms with Crippen molar-refractivity contribution < 1.29 is 13.2 Å². The normalized spacial score (nSPS) is 11.1. The quantitative estimate of drug-likeness (QED) is 0.888. The van der Waals surface area contributed by atoms with E-state index in [0.29, 0.717) is 6.61 Å². The second kappa shape index (κ2) is 6.19. The van der Waals surface area contributed by atoms with Crippen molar-refractivity contribution in [3.8, 4) is 6.01 Å². The fourth-order valence-electron chi connectivity index (χ4n) is 1.40. The molecule has 0 fully saturated rings. The first-order valence-corrected chi connectivity index (χ1v) is 8.02. The fraction of sp³-hybridized carbons (Fsp3) is 0.167. The van der Waals surface area contributed by atoms with Gasteiger partial charge in [0.2, 0.25) is 0 Å². The van der Waals surface area contributed by atoms with E-state index in [1.165, 1.54) is 24.5 Å². The third-order valence-electron chi connectivity index (χ3n) is 2.28. The second-order valence-electron chi connectivity index (χ2n) is 3.75. The van der Waals surface area contributed by atoms with E-state index in [4.69, 9.17) is 4.74 Å². The van der Waals surface area contributed by atoms with Crippen LogP contribution in [0.1, 0.15) is 6.92 Å². The summed E-state index contributed by atoms with van der Waals surface area (Å²) >= 11 is 3.25. The lowest BCUT2D eigenvalue weighted by Gasteiger charge is -2.08. The molecular weight excluding hydrogens is 346 g/mol. The van der Waals surface area contributed by atoms with E-state index >= 15 is 0 Å². The molecule has 6 nitrogen and oxygen atoms in total. The van der Waals surface area contributed by atoms with Gasteiger partial charge in [0.15, 0.2) is 0 Å². The summed E-state index contributed by atoms with van der Waals surface area (Å²) in [5.74, 6) is 0. The van der Waals surface area contributed by atoms with Gasteiger partial charge in [0.1, 0.15) is 0 Å². The second-order valence-corrected chi connectivity index (χ2v) is 6.34. The molecule has 1 heterocycles. The van der Waals surface area contributed by atoms with Gasteiger partial charge in [-0.2, -0.15) is 0 Å². The summed E-state index contributed by atoms with van der Waals surface area (Å²) < 4.78 is 32.5. The molecule has 1 aromatic carbocycles. The third kappa shape index (κ3) is 3.67. The number of rotatable bonds is 5. The highest BCUT2D eigenvalue weighted by Crippen LogP contribution is 2.18. The van der Waals surface area contributed by atoms with Gasteiger partial charge >= 0.3 is 6.01 Å². The van der Waals surface area contributed by atoms with Crippen molar-refractivity contribution in [2.45, 2.75) is 11.8 Å². The number of aromatic nitrogens is 2. The van der Waals surface area contributed by atoms with Crippen molar-refractivity contribution in [1.82, 2.24) is 9.97 Å². The summed E-state index contributed by atoms with van der Waals surface area (Å²) in [5.41, 5.74) is 0.274. The van der Waals surface area contributed by atoms with E-state index in [9.17, 15) is 8.42 Å². The number of anilines is 1. The molecule has 1 N–H and O–H groups in total. The molecular formula is C12H12BrN3O3S.